The van der Waals surface area contributed by atoms with Crippen LogP contribution in [0.15, 0.2) is 53.6 Å². The van der Waals surface area contributed by atoms with E-state index in [4.69, 9.17) is 27.9 Å². The maximum Gasteiger partial charge on any atom is 0.261 e. The Morgan fingerprint density at radius 1 is 1.13 bits per heavy atom. The lowest BCUT2D eigenvalue weighted by atomic mass is 10.2. The van der Waals surface area contributed by atoms with Gasteiger partial charge in [-0.3, -0.25) is 9.36 Å². The Kier molecular flexibility index (Phi) is 4.84. The van der Waals surface area contributed by atoms with Gasteiger partial charge in [-0.25, -0.2) is 4.98 Å². The number of nitrogens with zero attached hydrogens (tertiary/aromatic N) is 2. The Labute approximate surface area is 143 Å². The van der Waals surface area contributed by atoms with Gasteiger partial charge in [0.05, 0.1) is 28.9 Å². The van der Waals surface area contributed by atoms with E-state index in [1.165, 1.54) is 0 Å². The van der Waals surface area contributed by atoms with Crippen LogP contribution >= 0.6 is 23.2 Å². The summed E-state index contributed by atoms with van der Waals surface area (Å²) in [5, 5.41) is 1.70. The minimum absolute atomic E-state index is 0.0450. The van der Waals surface area contributed by atoms with E-state index in [1.54, 1.807) is 35.2 Å². The molecular weight excluding hydrogens is 335 g/mol. The molecule has 0 amide bonds. The normalized spacial score (nSPS) is 10.9. The highest BCUT2D eigenvalue weighted by Gasteiger charge is 2.05. The van der Waals surface area contributed by atoms with Gasteiger partial charge in [0.2, 0.25) is 0 Å². The van der Waals surface area contributed by atoms with Crippen molar-refractivity contribution in [2.45, 2.75) is 13.0 Å². The van der Waals surface area contributed by atoms with Gasteiger partial charge in [0, 0.05) is 17.6 Å². The maximum atomic E-state index is 12.3. The summed E-state index contributed by atoms with van der Waals surface area (Å²) in [4.78, 5) is 16.6. The molecule has 3 aromatic rings. The van der Waals surface area contributed by atoms with Gasteiger partial charge in [-0.05, 0) is 30.7 Å². The fourth-order valence-electron chi connectivity index (χ4n) is 2.27. The first-order chi connectivity index (χ1) is 11.1. The quantitative estimate of drug-likeness (QED) is 0.650. The summed E-state index contributed by atoms with van der Waals surface area (Å²) in [6.45, 7) is 0.953. The second-order valence-electron chi connectivity index (χ2n) is 5.04. The second-order valence-corrected chi connectivity index (χ2v) is 5.88. The number of hydrogen-bond donors (Lipinski definition) is 0. The van der Waals surface area contributed by atoms with Crippen LogP contribution < -0.4 is 10.3 Å². The van der Waals surface area contributed by atoms with Crippen molar-refractivity contribution in [3.63, 3.8) is 0 Å². The minimum Gasteiger partial charge on any atom is -0.492 e. The van der Waals surface area contributed by atoms with Crippen molar-refractivity contribution >= 4 is 34.1 Å². The molecule has 0 aliphatic heterocycles. The molecule has 0 atom stereocenters. The Balaban J connectivity index is 1.64. The van der Waals surface area contributed by atoms with Gasteiger partial charge in [-0.2, -0.15) is 0 Å². The van der Waals surface area contributed by atoms with Crippen LogP contribution in [0.3, 0.4) is 0 Å². The molecule has 0 spiro atoms. The predicted octanol–water partition coefficient (Wildman–Crippen LogP) is 4.17. The standard InChI is InChI=1S/C17H14Cl2N2O2/c18-12-6-7-14(19)16(10-12)23-9-3-8-21-11-20-15-5-2-1-4-13(15)17(21)22/h1-2,4-7,10-11H,3,8-9H2. The zero-order chi connectivity index (χ0) is 16.2. The first-order valence-corrected chi connectivity index (χ1v) is 7.93. The number of aryl methyl sites for hydroxylation is 1. The van der Waals surface area contributed by atoms with Gasteiger partial charge in [-0.1, -0.05) is 35.3 Å². The fraction of sp³-hybridized carbons (Fsp3) is 0.176. The van der Waals surface area contributed by atoms with Crippen LogP contribution in [0.5, 0.6) is 5.75 Å². The van der Waals surface area contributed by atoms with Crippen LogP contribution in [0.4, 0.5) is 0 Å². The molecule has 1 heterocycles. The lowest BCUT2D eigenvalue weighted by Crippen LogP contribution is -2.21. The molecule has 0 aliphatic carbocycles. The minimum atomic E-state index is -0.0450. The van der Waals surface area contributed by atoms with Crippen molar-refractivity contribution in [2.75, 3.05) is 6.61 Å². The molecule has 0 bridgehead atoms. The van der Waals surface area contributed by atoms with E-state index in [0.717, 1.165) is 0 Å². The zero-order valence-corrected chi connectivity index (χ0v) is 13.7. The van der Waals surface area contributed by atoms with Crippen molar-refractivity contribution in [1.82, 2.24) is 9.55 Å². The van der Waals surface area contributed by atoms with Gasteiger partial charge in [0.15, 0.2) is 0 Å². The molecule has 4 nitrogen and oxygen atoms in total. The van der Waals surface area contributed by atoms with Crippen molar-refractivity contribution in [1.29, 1.82) is 0 Å². The smallest absolute Gasteiger partial charge is 0.261 e. The molecule has 6 heteroatoms. The van der Waals surface area contributed by atoms with E-state index in [-0.39, 0.29) is 5.56 Å². The molecular formula is C17H14Cl2N2O2. The average Bonchev–Trinajstić information content (AvgIpc) is 2.56. The van der Waals surface area contributed by atoms with Crippen molar-refractivity contribution in [2.24, 2.45) is 0 Å². The van der Waals surface area contributed by atoms with E-state index in [9.17, 15) is 4.79 Å². The fourth-order valence-corrected chi connectivity index (χ4v) is 2.60. The monoisotopic (exact) mass is 348 g/mol. The van der Waals surface area contributed by atoms with Crippen molar-refractivity contribution < 1.29 is 4.74 Å². The largest absolute Gasteiger partial charge is 0.492 e. The van der Waals surface area contributed by atoms with Crippen molar-refractivity contribution in [3.05, 3.63) is 69.2 Å². The summed E-state index contributed by atoms with van der Waals surface area (Å²) in [6, 6.07) is 12.4. The molecule has 3 rings (SSSR count). The van der Waals surface area contributed by atoms with Crippen molar-refractivity contribution in [3.8, 4) is 5.75 Å². The Morgan fingerprint density at radius 2 is 1.96 bits per heavy atom. The molecule has 23 heavy (non-hydrogen) atoms. The highest BCUT2D eigenvalue weighted by atomic mass is 35.5. The van der Waals surface area contributed by atoms with Gasteiger partial charge in [-0.15, -0.1) is 0 Å². The molecule has 2 aromatic carbocycles. The van der Waals surface area contributed by atoms with E-state index in [1.807, 2.05) is 18.2 Å². The van der Waals surface area contributed by atoms with Gasteiger partial charge >= 0.3 is 0 Å². The van der Waals surface area contributed by atoms with E-state index in [2.05, 4.69) is 4.98 Å². The molecule has 118 valence electrons. The molecule has 0 unspecified atom stereocenters. The number of hydrogen-bond acceptors (Lipinski definition) is 3. The average molecular weight is 349 g/mol. The molecule has 0 saturated carbocycles. The second kappa shape index (κ2) is 7.02. The highest BCUT2D eigenvalue weighted by Crippen LogP contribution is 2.27. The van der Waals surface area contributed by atoms with Crippen LogP contribution in [-0.2, 0) is 6.54 Å². The van der Waals surface area contributed by atoms with Gasteiger partial charge < -0.3 is 4.74 Å². The van der Waals surface area contributed by atoms with Gasteiger partial charge in [0.25, 0.3) is 5.56 Å². The Morgan fingerprint density at radius 3 is 2.83 bits per heavy atom. The Hall–Kier alpha value is -2.04. The van der Waals surface area contributed by atoms with Crippen LogP contribution in [0, 0.1) is 0 Å². The third-order valence-corrected chi connectivity index (χ3v) is 3.97. The maximum absolute atomic E-state index is 12.3. The summed E-state index contributed by atoms with van der Waals surface area (Å²) in [7, 11) is 0. The lowest BCUT2D eigenvalue weighted by molar-refractivity contribution is 0.301. The topological polar surface area (TPSA) is 44.1 Å². The highest BCUT2D eigenvalue weighted by molar-refractivity contribution is 6.34. The lowest BCUT2D eigenvalue weighted by Gasteiger charge is -2.09. The van der Waals surface area contributed by atoms with Gasteiger partial charge in [0.1, 0.15) is 5.75 Å². The number of rotatable bonds is 5. The summed E-state index contributed by atoms with van der Waals surface area (Å²) in [6.07, 6.45) is 2.22. The number of para-hydroxylation sites is 1. The molecule has 0 saturated heterocycles. The number of aromatic nitrogens is 2. The van der Waals surface area contributed by atoms with Crippen LogP contribution in [0.1, 0.15) is 6.42 Å². The summed E-state index contributed by atoms with van der Waals surface area (Å²) < 4.78 is 7.20. The van der Waals surface area contributed by atoms with Crippen LogP contribution in [0.2, 0.25) is 10.0 Å². The summed E-state index contributed by atoms with van der Waals surface area (Å²) in [5.74, 6) is 0.545. The third-order valence-electron chi connectivity index (χ3n) is 3.43. The number of ether oxygens (including phenoxy) is 1. The van der Waals surface area contributed by atoms with Crippen LogP contribution in [0.25, 0.3) is 10.9 Å². The predicted molar refractivity (Wildman–Crippen MR) is 92.6 cm³/mol. The summed E-state index contributed by atoms with van der Waals surface area (Å²) in [5.41, 5.74) is 0.659. The molecule has 0 radical (unpaired) electrons. The summed E-state index contributed by atoms with van der Waals surface area (Å²) >= 11 is 11.9. The van der Waals surface area contributed by atoms with E-state index >= 15 is 0 Å². The number of halogens is 2. The first-order valence-electron chi connectivity index (χ1n) is 7.17. The molecule has 1 aromatic heterocycles. The number of benzene rings is 2. The molecule has 0 aliphatic rings. The SMILES string of the molecule is O=c1c2ccccc2ncn1CCCOc1cc(Cl)ccc1Cl. The zero-order valence-electron chi connectivity index (χ0n) is 12.2. The van der Waals surface area contributed by atoms with E-state index < -0.39 is 0 Å². The van der Waals surface area contributed by atoms with Crippen LogP contribution in [-0.4, -0.2) is 16.2 Å². The first kappa shape index (κ1) is 15.8. The molecule has 0 fully saturated rings. The Bertz CT molecular complexity index is 893. The number of fused-ring (bicyclic) bond motifs is 1. The molecule has 0 N–H and O–H groups in total. The third kappa shape index (κ3) is 3.66. The van der Waals surface area contributed by atoms with E-state index in [0.29, 0.717) is 46.3 Å².